The van der Waals surface area contributed by atoms with E-state index in [1.165, 1.54) is 6.42 Å². The summed E-state index contributed by atoms with van der Waals surface area (Å²) in [6, 6.07) is 10.4. The Bertz CT molecular complexity index is 1170. The van der Waals surface area contributed by atoms with Gasteiger partial charge in [0.15, 0.2) is 5.69 Å². The first-order valence-electron chi connectivity index (χ1n) is 11.5. The molecule has 176 valence electrons. The number of hydrogen-bond acceptors (Lipinski definition) is 5. The molecular weight excluding hydrogens is 450 g/mol. The SMILES string of the molecule is [C-]#[N+]c1ccc(CNC(=O)C(Nc2cc(-n3cccc3)nc(NC)n2)C2CCCCC2)c(Cl)c1. The molecule has 9 heteroatoms. The van der Waals surface area contributed by atoms with Crippen LogP contribution in [0.5, 0.6) is 0 Å². The molecule has 3 aromatic rings. The molecule has 0 saturated heterocycles. The second-order valence-electron chi connectivity index (χ2n) is 8.40. The number of carbonyl (C=O) groups excluding carboxylic acids is 1. The van der Waals surface area contributed by atoms with Crippen molar-refractivity contribution in [1.29, 1.82) is 0 Å². The molecule has 0 aliphatic heterocycles. The van der Waals surface area contributed by atoms with E-state index >= 15 is 0 Å². The van der Waals surface area contributed by atoms with Crippen molar-refractivity contribution in [3.63, 3.8) is 0 Å². The molecule has 1 aliphatic rings. The first-order chi connectivity index (χ1) is 16.6. The van der Waals surface area contributed by atoms with Crippen LogP contribution in [0.2, 0.25) is 5.02 Å². The van der Waals surface area contributed by atoms with Crippen molar-refractivity contribution in [3.8, 4) is 5.82 Å². The monoisotopic (exact) mass is 477 g/mol. The van der Waals surface area contributed by atoms with Crippen molar-refractivity contribution < 1.29 is 4.79 Å². The van der Waals surface area contributed by atoms with Crippen LogP contribution in [0, 0.1) is 12.5 Å². The largest absolute Gasteiger partial charge is 0.358 e. The summed E-state index contributed by atoms with van der Waals surface area (Å²) in [6.07, 6.45) is 9.23. The number of halogens is 1. The van der Waals surface area contributed by atoms with Gasteiger partial charge in [-0.3, -0.25) is 4.79 Å². The number of aromatic nitrogens is 3. The standard InChI is InChI=1S/C25H28ClN7O/c1-27-19-11-10-18(20(26)14-19)16-29-24(34)23(17-8-4-3-5-9-17)30-21-15-22(32-25(28-2)31-21)33-12-6-7-13-33/h6-7,10-15,17,23H,3-5,8-9,16H2,2H3,(H,29,34)(H2,28,30,31,32). The fourth-order valence-electron chi connectivity index (χ4n) is 4.31. The van der Waals surface area contributed by atoms with Crippen molar-refractivity contribution >= 4 is 35.0 Å². The predicted octanol–water partition coefficient (Wildman–Crippen LogP) is 5.19. The topological polar surface area (TPSA) is 88.2 Å². The normalized spacial score (nSPS) is 14.7. The molecule has 0 spiro atoms. The molecule has 2 heterocycles. The maximum atomic E-state index is 13.4. The van der Waals surface area contributed by atoms with E-state index in [-0.39, 0.29) is 11.8 Å². The number of rotatable bonds is 8. The van der Waals surface area contributed by atoms with Crippen LogP contribution in [0.1, 0.15) is 37.7 Å². The maximum Gasteiger partial charge on any atom is 0.243 e. The third kappa shape index (κ3) is 5.67. The fourth-order valence-corrected chi connectivity index (χ4v) is 4.55. The number of nitrogens with one attached hydrogen (secondary N) is 3. The number of hydrogen-bond donors (Lipinski definition) is 3. The summed E-state index contributed by atoms with van der Waals surface area (Å²) in [5, 5.41) is 9.92. The molecule has 1 aliphatic carbocycles. The van der Waals surface area contributed by atoms with Gasteiger partial charge in [0.25, 0.3) is 0 Å². The van der Waals surface area contributed by atoms with Gasteiger partial charge < -0.3 is 20.5 Å². The molecule has 3 N–H and O–H groups in total. The van der Waals surface area contributed by atoms with E-state index in [0.29, 0.717) is 34.8 Å². The Morgan fingerprint density at radius 1 is 1.21 bits per heavy atom. The van der Waals surface area contributed by atoms with Gasteiger partial charge in [-0.15, -0.1) is 0 Å². The van der Waals surface area contributed by atoms with Crippen LogP contribution in [0.3, 0.4) is 0 Å². The van der Waals surface area contributed by atoms with Crippen LogP contribution in [0.4, 0.5) is 17.5 Å². The number of anilines is 2. The lowest BCUT2D eigenvalue weighted by Crippen LogP contribution is -2.45. The van der Waals surface area contributed by atoms with E-state index in [1.54, 1.807) is 25.2 Å². The van der Waals surface area contributed by atoms with Gasteiger partial charge in [0, 0.05) is 37.1 Å². The molecule has 4 rings (SSSR count). The van der Waals surface area contributed by atoms with Crippen molar-refractivity contribution in [1.82, 2.24) is 19.9 Å². The molecule has 1 unspecified atom stereocenters. The first kappa shape index (κ1) is 23.6. The highest BCUT2D eigenvalue weighted by Crippen LogP contribution is 2.29. The molecule has 1 aromatic carbocycles. The van der Waals surface area contributed by atoms with Crippen molar-refractivity contribution in [2.24, 2.45) is 5.92 Å². The second-order valence-corrected chi connectivity index (χ2v) is 8.81. The summed E-state index contributed by atoms with van der Waals surface area (Å²) in [5.41, 5.74) is 1.25. The Labute approximate surface area is 204 Å². The minimum absolute atomic E-state index is 0.0932. The average Bonchev–Trinajstić information content (AvgIpc) is 3.42. The second kappa shape index (κ2) is 11.0. The molecule has 2 aromatic heterocycles. The molecular formula is C25H28ClN7O. The van der Waals surface area contributed by atoms with Crippen molar-refractivity contribution in [3.05, 3.63) is 70.8 Å². The Morgan fingerprint density at radius 3 is 2.65 bits per heavy atom. The number of amides is 1. The van der Waals surface area contributed by atoms with Gasteiger partial charge in [0.2, 0.25) is 11.9 Å². The highest BCUT2D eigenvalue weighted by molar-refractivity contribution is 6.31. The van der Waals surface area contributed by atoms with Crippen LogP contribution >= 0.6 is 11.6 Å². The third-order valence-corrected chi connectivity index (χ3v) is 6.48. The van der Waals surface area contributed by atoms with E-state index < -0.39 is 6.04 Å². The summed E-state index contributed by atoms with van der Waals surface area (Å²) >= 11 is 6.31. The molecule has 0 bridgehead atoms. The molecule has 1 atom stereocenters. The zero-order chi connectivity index (χ0) is 23.9. The zero-order valence-electron chi connectivity index (χ0n) is 19.1. The Morgan fingerprint density at radius 2 is 1.97 bits per heavy atom. The summed E-state index contributed by atoms with van der Waals surface area (Å²) < 4.78 is 1.90. The highest BCUT2D eigenvalue weighted by atomic mass is 35.5. The Balaban J connectivity index is 1.55. The lowest BCUT2D eigenvalue weighted by Gasteiger charge is -2.30. The van der Waals surface area contributed by atoms with E-state index in [1.807, 2.05) is 35.2 Å². The summed E-state index contributed by atoms with van der Waals surface area (Å²) in [5.74, 6) is 1.89. The first-order valence-corrected chi connectivity index (χ1v) is 11.9. The quantitative estimate of drug-likeness (QED) is 0.388. The zero-order valence-corrected chi connectivity index (χ0v) is 19.8. The number of carbonyl (C=O) groups is 1. The van der Waals surface area contributed by atoms with Crippen molar-refractivity contribution in [2.75, 3.05) is 17.7 Å². The predicted molar refractivity (Wildman–Crippen MR) is 134 cm³/mol. The molecule has 1 fully saturated rings. The van der Waals surface area contributed by atoms with E-state index in [2.05, 4.69) is 30.8 Å². The van der Waals surface area contributed by atoms with Crippen LogP contribution in [0.25, 0.3) is 10.7 Å². The van der Waals surface area contributed by atoms with E-state index in [0.717, 1.165) is 31.2 Å². The Hall–Kier alpha value is -3.57. The maximum absolute atomic E-state index is 13.4. The van der Waals surface area contributed by atoms with Gasteiger partial charge in [-0.25, -0.2) is 4.85 Å². The van der Waals surface area contributed by atoms with Crippen LogP contribution in [-0.4, -0.2) is 33.5 Å². The Kier molecular flexibility index (Phi) is 7.65. The molecule has 34 heavy (non-hydrogen) atoms. The highest BCUT2D eigenvalue weighted by Gasteiger charge is 2.30. The van der Waals surface area contributed by atoms with E-state index in [9.17, 15) is 4.79 Å². The van der Waals surface area contributed by atoms with Gasteiger partial charge in [0.1, 0.15) is 17.7 Å². The fraction of sp³-hybridized carbons (Fsp3) is 0.360. The third-order valence-electron chi connectivity index (χ3n) is 6.13. The van der Waals surface area contributed by atoms with Gasteiger partial charge in [-0.05, 0) is 42.5 Å². The number of nitrogens with zero attached hydrogens (tertiary/aromatic N) is 4. The molecule has 1 saturated carbocycles. The average molecular weight is 478 g/mol. The smallest absolute Gasteiger partial charge is 0.243 e. The minimum atomic E-state index is -0.432. The summed E-state index contributed by atoms with van der Waals surface area (Å²) in [7, 11) is 1.77. The lowest BCUT2D eigenvalue weighted by molar-refractivity contribution is -0.123. The lowest BCUT2D eigenvalue weighted by atomic mass is 9.83. The molecule has 8 nitrogen and oxygen atoms in total. The van der Waals surface area contributed by atoms with Gasteiger partial charge >= 0.3 is 0 Å². The van der Waals surface area contributed by atoms with Crippen LogP contribution < -0.4 is 16.0 Å². The van der Waals surface area contributed by atoms with E-state index in [4.69, 9.17) is 18.2 Å². The summed E-state index contributed by atoms with van der Waals surface area (Å²) in [4.78, 5) is 25.9. The molecule has 1 amide bonds. The van der Waals surface area contributed by atoms with Gasteiger partial charge in [-0.2, -0.15) is 9.97 Å². The van der Waals surface area contributed by atoms with Crippen LogP contribution in [0.15, 0.2) is 48.8 Å². The van der Waals surface area contributed by atoms with Gasteiger partial charge in [-0.1, -0.05) is 43.0 Å². The van der Waals surface area contributed by atoms with Gasteiger partial charge in [0.05, 0.1) is 6.57 Å². The summed E-state index contributed by atoms with van der Waals surface area (Å²) in [6.45, 7) is 7.41. The van der Waals surface area contributed by atoms with Crippen molar-refractivity contribution in [2.45, 2.75) is 44.7 Å². The minimum Gasteiger partial charge on any atom is -0.358 e. The van der Waals surface area contributed by atoms with Crippen LogP contribution in [-0.2, 0) is 11.3 Å². The number of benzene rings is 1. The molecule has 0 radical (unpaired) electrons.